The molecule has 3 heterocycles. The standard InChI is InChI=1S/C31H23F4N3O6S2/c1-2-43-21-12-15(6-11-20(21)44-14-22(39)36-18-9-7-17(32)8-10-18)23-24-26(45-27-25(23)46-30(42)37-27)29(41)38(28(24)40)19-5-3-4-16(13-19)31(33,34)35/h3-13,23-24,26H,2,14H2,1H3,(H,36,39)(H,37,42)/t23-,24?,26?/m1/s1. The molecule has 2 aliphatic heterocycles. The summed E-state index contributed by atoms with van der Waals surface area (Å²) in [7, 11) is 0. The minimum atomic E-state index is -4.68. The molecule has 2 aliphatic rings. The van der Waals surface area contributed by atoms with Crippen LogP contribution < -0.4 is 24.6 Å². The van der Waals surface area contributed by atoms with Gasteiger partial charge in [-0.15, -0.1) is 0 Å². The van der Waals surface area contributed by atoms with Crippen molar-refractivity contribution >= 4 is 52.2 Å². The van der Waals surface area contributed by atoms with Crippen LogP contribution in [0.2, 0.25) is 0 Å². The molecule has 46 heavy (non-hydrogen) atoms. The summed E-state index contributed by atoms with van der Waals surface area (Å²) in [5.41, 5.74) is -0.341. The number of carbonyl (C=O) groups excluding carboxylic acids is 3. The van der Waals surface area contributed by atoms with Crippen molar-refractivity contribution in [3.63, 3.8) is 0 Å². The van der Waals surface area contributed by atoms with Crippen LogP contribution in [0.4, 0.5) is 28.9 Å². The Morgan fingerprint density at radius 2 is 1.74 bits per heavy atom. The Morgan fingerprint density at radius 1 is 0.978 bits per heavy atom. The number of ether oxygens (including phenoxy) is 2. The van der Waals surface area contributed by atoms with Gasteiger partial charge in [0.15, 0.2) is 18.1 Å². The van der Waals surface area contributed by atoms with Gasteiger partial charge in [-0.25, -0.2) is 9.29 Å². The van der Waals surface area contributed by atoms with E-state index in [1.54, 1.807) is 19.1 Å². The fourth-order valence-corrected chi connectivity index (χ4v) is 7.95. The lowest BCUT2D eigenvalue weighted by molar-refractivity contribution is -0.137. The molecule has 3 amide bonds. The van der Waals surface area contributed by atoms with Gasteiger partial charge in [-0.05, 0) is 67.1 Å². The van der Waals surface area contributed by atoms with Crippen LogP contribution >= 0.6 is 23.1 Å². The maximum atomic E-state index is 13.9. The number of thiazole rings is 1. The number of anilines is 2. The first-order valence-corrected chi connectivity index (χ1v) is 15.5. The van der Waals surface area contributed by atoms with Crippen molar-refractivity contribution in [2.45, 2.75) is 29.3 Å². The van der Waals surface area contributed by atoms with Gasteiger partial charge in [0.25, 0.3) is 5.91 Å². The number of aromatic nitrogens is 1. The van der Waals surface area contributed by atoms with E-state index in [1.165, 1.54) is 36.4 Å². The molecule has 4 aromatic rings. The molecular formula is C31H23F4N3O6S2. The molecular weight excluding hydrogens is 650 g/mol. The zero-order valence-electron chi connectivity index (χ0n) is 23.7. The van der Waals surface area contributed by atoms with Crippen LogP contribution in [-0.4, -0.2) is 41.2 Å². The SMILES string of the molecule is CCOc1cc([C@H]2c3sc(=O)[nH]c3SC3C(=O)N(c4cccc(C(F)(F)F)c4)C(=O)C32)ccc1OCC(=O)Nc1ccc(F)cc1. The van der Waals surface area contributed by atoms with E-state index < -0.39 is 63.8 Å². The molecule has 0 saturated carbocycles. The fourth-order valence-electron chi connectivity index (χ4n) is 5.43. The number of hydrogen-bond donors (Lipinski definition) is 2. The molecule has 0 aliphatic carbocycles. The lowest BCUT2D eigenvalue weighted by Crippen LogP contribution is -2.32. The van der Waals surface area contributed by atoms with Gasteiger partial charge < -0.3 is 19.8 Å². The molecule has 1 saturated heterocycles. The second-order valence-electron chi connectivity index (χ2n) is 10.3. The van der Waals surface area contributed by atoms with Gasteiger partial charge in [0, 0.05) is 16.5 Å². The highest BCUT2D eigenvalue weighted by Crippen LogP contribution is 2.54. The Labute approximate surface area is 266 Å². The minimum absolute atomic E-state index is 0.198. The van der Waals surface area contributed by atoms with Gasteiger partial charge in [0.2, 0.25) is 11.8 Å². The lowest BCUT2D eigenvalue weighted by Gasteiger charge is -2.30. The summed E-state index contributed by atoms with van der Waals surface area (Å²) >= 11 is 1.87. The summed E-state index contributed by atoms with van der Waals surface area (Å²) in [6, 6.07) is 13.9. The highest BCUT2D eigenvalue weighted by atomic mass is 32.2. The summed E-state index contributed by atoms with van der Waals surface area (Å²) < 4.78 is 65.1. The van der Waals surface area contributed by atoms with Crippen LogP contribution in [0.5, 0.6) is 11.5 Å². The van der Waals surface area contributed by atoms with E-state index in [9.17, 15) is 36.7 Å². The number of H-pyrrole nitrogens is 1. The van der Waals surface area contributed by atoms with Gasteiger partial charge in [-0.1, -0.05) is 35.2 Å². The Hall–Kier alpha value is -4.63. The van der Waals surface area contributed by atoms with E-state index in [0.717, 1.165) is 46.2 Å². The van der Waals surface area contributed by atoms with Crippen LogP contribution in [0, 0.1) is 11.7 Å². The van der Waals surface area contributed by atoms with E-state index in [0.29, 0.717) is 21.2 Å². The van der Waals surface area contributed by atoms with Crippen molar-refractivity contribution in [2.24, 2.45) is 5.92 Å². The van der Waals surface area contributed by atoms with Gasteiger partial charge >= 0.3 is 11.0 Å². The molecule has 2 N–H and O–H groups in total. The zero-order chi connectivity index (χ0) is 32.7. The molecule has 1 aromatic heterocycles. The largest absolute Gasteiger partial charge is 0.490 e. The highest BCUT2D eigenvalue weighted by molar-refractivity contribution is 8.00. The summed E-state index contributed by atoms with van der Waals surface area (Å²) in [4.78, 5) is 56.1. The second-order valence-corrected chi connectivity index (χ2v) is 12.5. The molecule has 0 bridgehead atoms. The summed E-state index contributed by atoms with van der Waals surface area (Å²) in [5, 5.41) is 1.96. The molecule has 238 valence electrons. The van der Waals surface area contributed by atoms with E-state index >= 15 is 0 Å². The minimum Gasteiger partial charge on any atom is -0.490 e. The van der Waals surface area contributed by atoms with Crippen LogP contribution in [0.3, 0.4) is 0 Å². The van der Waals surface area contributed by atoms with Crippen LogP contribution in [0.25, 0.3) is 0 Å². The first-order chi connectivity index (χ1) is 21.9. The van der Waals surface area contributed by atoms with E-state index in [4.69, 9.17) is 9.47 Å². The molecule has 2 unspecified atom stereocenters. The highest BCUT2D eigenvalue weighted by Gasteiger charge is 2.56. The average Bonchev–Trinajstić information content (AvgIpc) is 3.51. The molecule has 0 radical (unpaired) electrons. The monoisotopic (exact) mass is 673 g/mol. The normalized spacial score (nSPS) is 19.1. The van der Waals surface area contributed by atoms with Crippen molar-refractivity contribution in [1.29, 1.82) is 0 Å². The topological polar surface area (TPSA) is 118 Å². The van der Waals surface area contributed by atoms with Gasteiger partial charge in [0.05, 0.1) is 28.8 Å². The number of fused-ring (bicyclic) bond motifs is 2. The first kappa shape index (κ1) is 31.4. The molecule has 9 nitrogen and oxygen atoms in total. The number of alkyl halides is 3. The van der Waals surface area contributed by atoms with Crippen molar-refractivity contribution in [3.05, 3.63) is 98.2 Å². The maximum absolute atomic E-state index is 13.9. The van der Waals surface area contributed by atoms with Crippen LogP contribution in [0.15, 0.2) is 76.6 Å². The predicted octanol–water partition coefficient (Wildman–Crippen LogP) is 5.81. The number of amides is 3. The Bertz CT molecular complexity index is 1890. The number of carbonyl (C=O) groups is 3. The van der Waals surface area contributed by atoms with Gasteiger partial charge in [0.1, 0.15) is 11.1 Å². The van der Waals surface area contributed by atoms with Crippen LogP contribution in [0.1, 0.15) is 28.8 Å². The fraction of sp³-hybridized carbons (Fsp3) is 0.226. The zero-order valence-corrected chi connectivity index (χ0v) is 25.4. The van der Waals surface area contributed by atoms with Crippen molar-refractivity contribution in [3.8, 4) is 11.5 Å². The lowest BCUT2D eigenvalue weighted by atomic mass is 9.83. The number of nitrogens with one attached hydrogen (secondary N) is 2. The van der Waals surface area contributed by atoms with Crippen molar-refractivity contribution < 1.29 is 41.4 Å². The van der Waals surface area contributed by atoms with E-state index in [1.807, 2.05) is 0 Å². The third-order valence-electron chi connectivity index (χ3n) is 7.37. The second kappa shape index (κ2) is 12.3. The third kappa shape index (κ3) is 5.99. The first-order valence-electron chi connectivity index (χ1n) is 13.8. The maximum Gasteiger partial charge on any atom is 0.416 e. The molecule has 1 fully saturated rings. The average molecular weight is 674 g/mol. The molecule has 0 spiro atoms. The molecule has 6 rings (SSSR count). The Morgan fingerprint density at radius 3 is 2.46 bits per heavy atom. The van der Waals surface area contributed by atoms with Gasteiger partial charge in [-0.3, -0.25) is 19.2 Å². The van der Waals surface area contributed by atoms with Crippen molar-refractivity contribution in [1.82, 2.24) is 4.98 Å². The van der Waals surface area contributed by atoms with Crippen molar-refractivity contribution in [2.75, 3.05) is 23.4 Å². The number of nitrogens with zero attached hydrogens (tertiary/aromatic N) is 1. The number of aromatic amines is 1. The van der Waals surface area contributed by atoms with E-state index in [-0.39, 0.29) is 23.8 Å². The third-order valence-corrected chi connectivity index (χ3v) is 9.77. The smallest absolute Gasteiger partial charge is 0.416 e. The molecule has 3 atom stereocenters. The number of benzene rings is 3. The van der Waals surface area contributed by atoms with Crippen LogP contribution in [-0.2, 0) is 20.6 Å². The molecule has 15 heteroatoms. The van der Waals surface area contributed by atoms with E-state index in [2.05, 4.69) is 10.3 Å². The number of hydrogen-bond acceptors (Lipinski definition) is 8. The summed E-state index contributed by atoms with van der Waals surface area (Å²) in [6.07, 6.45) is -4.68. The summed E-state index contributed by atoms with van der Waals surface area (Å²) in [6.45, 7) is 1.52. The Balaban J connectivity index is 1.32. The quantitative estimate of drug-likeness (QED) is 0.179. The Kier molecular flexibility index (Phi) is 8.37. The number of imide groups is 1. The number of rotatable bonds is 8. The number of thioether (sulfide) groups is 1. The summed E-state index contributed by atoms with van der Waals surface area (Å²) in [5.74, 6) is -3.82. The molecule has 3 aromatic carbocycles. The number of halogens is 4. The van der Waals surface area contributed by atoms with Gasteiger partial charge in [-0.2, -0.15) is 13.2 Å². The predicted molar refractivity (Wildman–Crippen MR) is 162 cm³/mol.